The van der Waals surface area contributed by atoms with E-state index >= 15 is 0 Å². The normalized spacial score (nSPS) is 14.4. The first kappa shape index (κ1) is 13.6. The standard InChI is InChI=1S/C17H18FN3/c18-13-8-9-16(14(11-13)17(19)20)21-10-4-3-6-12-5-1-2-7-15(12)21/h1-2,5,7-9,11H,3-4,6,10H2,(H3,19,20). The van der Waals surface area contributed by atoms with Crippen LogP contribution in [0.25, 0.3) is 0 Å². The predicted octanol–water partition coefficient (Wildman–Crippen LogP) is 3.58. The second kappa shape index (κ2) is 5.56. The number of aryl methyl sites for hydroxylation is 1. The lowest BCUT2D eigenvalue weighted by Gasteiger charge is -2.27. The van der Waals surface area contributed by atoms with Crippen molar-refractivity contribution in [1.29, 1.82) is 5.41 Å². The molecular weight excluding hydrogens is 265 g/mol. The summed E-state index contributed by atoms with van der Waals surface area (Å²) in [5.41, 5.74) is 9.31. The lowest BCUT2D eigenvalue weighted by molar-refractivity contribution is 0.627. The Labute approximate surface area is 123 Å². The van der Waals surface area contributed by atoms with E-state index in [2.05, 4.69) is 17.0 Å². The number of halogens is 1. The van der Waals surface area contributed by atoms with Crippen LogP contribution in [-0.2, 0) is 6.42 Å². The van der Waals surface area contributed by atoms with E-state index in [0.29, 0.717) is 5.56 Å². The Morgan fingerprint density at radius 2 is 1.90 bits per heavy atom. The summed E-state index contributed by atoms with van der Waals surface area (Å²) in [6, 6.07) is 12.7. The predicted molar refractivity (Wildman–Crippen MR) is 83.8 cm³/mol. The third kappa shape index (κ3) is 2.61. The Bertz CT molecular complexity index is 681. The number of hydrogen-bond acceptors (Lipinski definition) is 2. The second-order valence-electron chi connectivity index (χ2n) is 5.31. The molecule has 0 aromatic heterocycles. The van der Waals surface area contributed by atoms with Crippen molar-refractivity contribution in [1.82, 2.24) is 0 Å². The first-order chi connectivity index (χ1) is 10.2. The van der Waals surface area contributed by atoms with E-state index in [0.717, 1.165) is 37.2 Å². The third-order valence-electron chi connectivity index (χ3n) is 3.90. The van der Waals surface area contributed by atoms with Gasteiger partial charge in [0.05, 0.1) is 5.69 Å². The van der Waals surface area contributed by atoms with Crippen LogP contribution in [0.2, 0.25) is 0 Å². The number of nitrogens with one attached hydrogen (secondary N) is 1. The SMILES string of the molecule is N=C(N)c1cc(F)ccc1N1CCCCc2ccccc21. The van der Waals surface area contributed by atoms with Gasteiger partial charge in [0, 0.05) is 17.8 Å². The Kier molecular flexibility index (Phi) is 3.60. The Balaban J connectivity index is 2.14. The van der Waals surface area contributed by atoms with E-state index in [4.69, 9.17) is 11.1 Å². The highest BCUT2D eigenvalue weighted by molar-refractivity contribution is 6.01. The molecule has 0 saturated heterocycles. The molecule has 3 N–H and O–H groups in total. The van der Waals surface area contributed by atoms with Crippen molar-refractivity contribution in [2.45, 2.75) is 19.3 Å². The smallest absolute Gasteiger partial charge is 0.125 e. The van der Waals surface area contributed by atoms with Crippen LogP contribution in [0.5, 0.6) is 0 Å². The molecule has 0 saturated carbocycles. The van der Waals surface area contributed by atoms with Gasteiger partial charge in [0.1, 0.15) is 11.7 Å². The third-order valence-corrected chi connectivity index (χ3v) is 3.90. The summed E-state index contributed by atoms with van der Waals surface area (Å²) in [5.74, 6) is -0.474. The molecule has 1 aliphatic rings. The highest BCUT2D eigenvalue weighted by Crippen LogP contribution is 2.34. The number of amidine groups is 1. The number of nitrogen functional groups attached to an aromatic ring is 1. The molecule has 0 spiro atoms. The Hall–Kier alpha value is -2.36. The maximum absolute atomic E-state index is 13.5. The van der Waals surface area contributed by atoms with Gasteiger partial charge >= 0.3 is 0 Å². The molecule has 0 aliphatic carbocycles. The number of nitrogens with zero attached hydrogens (tertiary/aromatic N) is 1. The molecule has 1 aliphatic heterocycles. The maximum Gasteiger partial charge on any atom is 0.125 e. The van der Waals surface area contributed by atoms with Gasteiger partial charge in [-0.25, -0.2) is 4.39 Å². The quantitative estimate of drug-likeness (QED) is 0.653. The van der Waals surface area contributed by atoms with E-state index in [-0.39, 0.29) is 11.7 Å². The van der Waals surface area contributed by atoms with Gasteiger partial charge in [-0.3, -0.25) is 5.41 Å². The largest absolute Gasteiger partial charge is 0.384 e. The Morgan fingerprint density at radius 3 is 2.71 bits per heavy atom. The molecule has 3 rings (SSSR count). The first-order valence-electron chi connectivity index (χ1n) is 7.16. The van der Waals surface area contributed by atoms with E-state index in [1.807, 2.05) is 12.1 Å². The molecule has 0 fully saturated rings. The van der Waals surface area contributed by atoms with Crippen molar-refractivity contribution in [3.05, 3.63) is 59.4 Å². The summed E-state index contributed by atoms with van der Waals surface area (Å²) in [7, 11) is 0. The number of nitrogens with two attached hydrogens (primary N) is 1. The van der Waals surface area contributed by atoms with Gasteiger partial charge in [-0.15, -0.1) is 0 Å². The van der Waals surface area contributed by atoms with E-state index < -0.39 is 0 Å². The highest BCUT2D eigenvalue weighted by atomic mass is 19.1. The molecule has 0 radical (unpaired) electrons. The number of anilines is 2. The zero-order valence-corrected chi connectivity index (χ0v) is 11.8. The summed E-state index contributed by atoms with van der Waals surface area (Å²) in [6.45, 7) is 0.850. The molecule has 0 unspecified atom stereocenters. The molecule has 2 aromatic carbocycles. The van der Waals surface area contributed by atoms with Crippen molar-refractivity contribution in [2.24, 2.45) is 5.73 Å². The van der Waals surface area contributed by atoms with Crippen LogP contribution in [0, 0.1) is 11.2 Å². The fourth-order valence-electron chi connectivity index (χ4n) is 2.90. The minimum absolute atomic E-state index is 0.105. The Morgan fingerprint density at radius 1 is 1.10 bits per heavy atom. The maximum atomic E-state index is 13.5. The molecule has 0 amide bonds. The van der Waals surface area contributed by atoms with Crippen LogP contribution < -0.4 is 10.6 Å². The lowest BCUT2D eigenvalue weighted by atomic mass is 10.1. The monoisotopic (exact) mass is 283 g/mol. The van der Waals surface area contributed by atoms with E-state index in [1.54, 1.807) is 6.07 Å². The fraction of sp³-hybridized carbons (Fsp3) is 0.235. The van der Waals surface area contributed by atoms with Crippen LogP contribution in [0.15, 0.2) is 42.5 Å². The summed E-state index contributed by atoms with van der Waals surface area (Å²) >= 11 is 0. The van der Waals surface area contributed by atoms with Crippen molar-refractivity contribution in [2.75, 3.05) is 11.4 Å². The average molecular weight is 283 g/mol. The van der Waals surface area contributed by atoms with Crippen LogP contribution in [0.4, 0.5) is 15.8 Å². The molecule has 108 valence electrons. The van der Waals surface area contributed by atoms with E-state index in [9.17, 15) is 4.39 Å². The zero-order chi connectivity index (χ0) is 14.8. The molecule has 2 aromatic rings. The minimum atomic E-state index is -0.368. The minimum Gasteiger partial charge on any atom is -0.384 e. The number of fused-ring (bicyclic) bond motifs is 1. The lowest BCUT2D eigenvalue weighted by Crippen LogP contribution is -2.23. The van der Waals surface area contributed by atoms with Crippen LogP contribution >= 0.6 is 0 Å². The van der Waals surface area contributed by atoms with Gasteiger partial charge in [0.15, 0.2) is 0 Å². The van der Waals surface area contributed by atoms with Gasteiger partial charge in [0.25, 0.3) is 0 Å². The number of para-hydroxylation sites is 1. The van der Waals surface area contributed by atoms with Crippen LogP contribution in [0.1, 0.15) is 24.0 Å². The van der Waals surface area contributed by atoms with Gasteiger partial charge in [-0.2, -0.15) is 0 Å². The second-order valence-corrected chi connectivity index (χ2v) is 5.31. The summed E-state index contributed by atoms with van der Waals surface area (Å²) < 4.78 is 13.5. The van der Waals surface area contributed by atoms with Crippen molar-refractivity contribution < 1.29 is 4.39 Å². The van der Waals surface area contributed by atoms with Gasteiger partial charge in [0.2, 0.25) is 0 Å². The zero-order valence-electron chi connectivity index (χ0n) is 11.8. The number of benzene rings is 2. The van der Waals surface area contributed by atoms with Crippen LogP contribution in [-0.4, -0.2) is 12.4 Å². The summed E-state index contributed by atoms with van der Waals surface area (Å²) in [5, 5.41) is 7.71. The molecule has 21 heavy (non-hydrogen) atoms. The topological polar surface area (TPSA) is 53.1 Å². The fourth-order valence-corrected chi connectivity index (χ4v) is 2.90. The molecule has 4 heteroatoms. The van der Waals surface area contributed by atoms with Gasteiger partial charge < -0.3 is 10.6 Å². The molecular formula is C17H18FN3. The van der Waals surface area contributed by atoms with Crippen LogP contribution in [0.3, 0.4) is 0 Å². The molecule has 3 nitrogen and oxygen atoms in total. The van der Waals surface area contributed by atoms with Crippen molar-refractivity contribution in [3.8, 4) is 0 Å². The van der Waals surface area contributed by atoms with Gasteiger partial charge in [-0.1, -0.05) is 18.2 Å². The highest BCUT2D eigenvalue weighted by Gasteiger charge is 2.20. The van der Waals surface area contributed by atoms with Gasteiger partial charge in [-0.05, 0) is 49.1 Å². The first-order valence-corrected chi connectivity index (χ1v) is 7.16. The molecule has 1 heterocycles. The summed E-state index contributed by atoms with van der Waals surface area (Å²) in [6.07, 6.45) is 3.23. The van der Waals surface area contributed by atoms with Crippen molar-refractivity contribution >= 4 is 17.2 Å². The number of hydrogen-bond donors (Lipinski definition) is 2. The van der Waals surface area contributed by atoms with E-state index in [1.165, 1.54) is 17.7 Å². The molecule has 0 atom stereocenters. The summed E-state index contributed by atoms with van der Waals surface area (Å²) in [4.78, 5) is 2.15. The molecule has 0 bridgehead atoms. The van der Waals surface area contributed by atoms with Crippen molar-refractivity contribution in [3.63, 3.8) is 0 Å². The average Bonchev–Trinajstić information content (AvgIpc) is 2.69. The number of rotatable bonds is 2.